The van der Waals surface area contributed by atoms with E-state index in [2.05, 4.69) is 10.6 Å². The van der Waals surface area contributed by atoms with Crippen molar-refractivity contribution in [3.05, 3.63) is 35.4 Å². The van der Waals surface area contributed by atoms with Crippen LogP contribution in [-0.2, 0) is 4.79 Å². The van der Waals surface area contributed by atoms with Gasteiger partial charge >= 0.3 is 0 Å². The van der Waals surface area contributed by atoms with Crippen LogP contribution in [0.1, 0.15) is 48.0 Å². The Kier molecular flexibility index (Phi) is 6.08. The Hall–Kier alpha value is -1.88. The molecule has 0 bridgehead atoms. The number of nitrogens with zero attached hydrogens (tertiary/aromatic N) is 1. The van der Waals surface area contributed by atoms with Crippen molar-refractivity contribution < 1.29 is 9.59 Å². The summed E-state index contributed by atoms with van der Waals surface area (Å²) < 4.78 is 0. The summed E-state index contributed by atoms with van der Waals surface area (Å²) in [5, 5.41) is 6.41. The lowest BCUT2D eigenvalue weighted by atomic mass is 9.88. The second kappa shape index (κ2) is 8.48. The van der Waals surface area contributed by atoms with Gasteiger partial charge in [-0.05, 0) is 70.2 Å². The third-order valence-corrected chi connectivity index (χ3v) is 5.36. The van der Waals surface area contributed by atoms with Crippen LogP contribution in [0.5, 0.6) is 0 Å². The van der Waals surface area contributed by atoms with Crippen LogP contribution in [0.25, 0.3) is 0 Å². The van der Waals surface area contributed by atoms with Gasteiger partial charge in [0.25, 0.3) is 5.91 Å². The molecule has 1 unspecified atom stereocenters. The fourth-order valence-corrected chi connectivity index (χ4v) is 3.88. The van der Waals surface area contributed by atoms with Crippen LogP contribution in [0, 0.1) is 12.8 Å². The third-order valence-electron chi connectivity index (χ3n) is 5.36. The minimum atomic E-state index is -0.409. The van der Waals surface area contributed by atoms with Crippen molar-refractivity contribution in [1.29, 1.82) is 0 Å². The molecule has 0 spiro atoms. The number of rotatable bonds is 4. The molecule has 3 rings (SSSR count). The minimum absolute atomic E-state index is 0.104. The molecule has 1 aromatic carbocycles. The van der Waals surface area contributed by atoms with Crippen molar-refractivity contribution in [3.8, 4) is 0 Å². The predicted octanol–water partition coefficient (Wildman–Crippen LogP) is 2.11. The number of carbonyl (C=O) groups excluding carboxylic acids is 2. The maximum absolute atomic E-state index is 13.1. The summed E-state index contributed by atoms with van der Waals surface area (Å²) in [6, 6.07) is 7.14. The van der Waals surface area contributed by atoms with E-state index in [0.717, 1.165) is 57.4 Å². The van der Waals surface area contributed by atoms with E-state index in [1.54, 1.807) is 0 Å². The molecular weight excluding hydrogens is 314 g/mol. The predicted molar refractivity (Wildman–Crippen MR) is 98.5 cm³/mol. The van der Waals surface area contributed by atoms with E-state index in [-0.39, 0.29) is 17.7 Å². The van der Waals surface area contributed by atoms with Gasteiger partial charge in [0, 0.05) is 18.7 Å². The van der Waals surface area contributed by atoms with Gasteiger partial charge in [-0.25, -0.2) is 0 Å². The maximum Gasteiger partial charge on any atom is 0.251 e. The highest BCUT2D eigenvalue weighted by Crippen LogP contribution is 2.21. The van der Waals surface area contributed by atoms with Gasteiger partial charge in [-0.15, -0.1) is 0 Å². The number of aryl methyl sites for hydroxylation is 1. The number of hydrogen-bond donors (Lipinski definition) is 2. The first-order valence-corrected chi connectivity index (χ1v) is 9.52. The molecule has 2 aliphatic rings. The molecular formula is C20H29N3O2. The molecule has 136 valence electrons. The number of carbonyl (C=O) groups is 2. The SMILES string of the molecule is Cc1cccc(C(=O)NC(C(=O)N2CCCCC2)C2CCNCC2)c1. The lowest BCUT2D eigenvalue weighted by Gasteiger charge is -2.36. The summed E-state index contributed by atoms with van der Waals surface area (Å²) in [5.74, 6) is 0.176. The summed E-state index contributed by atoms with van der Waals surface area (Å²) in [6.07, 6.45) is 5.18. The average molecular weight is 343 g/mol. The molecule has 5 nitrogen and oxygen atoms in total. The van der Waals surface area contributed by atoms with Gasteiger partial charge < -0.3 is 15.5 Å². The van der Waals surface area contributed by atoms with Gasteiger partial charge in [-0.2, -0.15) is 0 Å². The van der Waals surface area contributed by atoms with E-state index in [0.29, 0.717) is 5.56 Å². The van der Waals surface area contributed by atoms with Gasteiger partial charge in [0.05, 0.1) is 0 Å². The van der Waals surface area contributed by atoms with E-state index < -0.39 is 6.04 Å². The lowest BCUT2D eigenvalue weighted by Crippen LogP contribution is -2.55. The van der Waals surface area contributed by atoms with Crippen LogP contribution in [0.15, 0.2) is 24.3 Å². The average Bonchev–Trinajstić information content (AvgIpc) is 2.67. The summed E-state index contributed by atoms with van der Waals surface area (Å²) in [7, 11) is 0. The first kappa shape index (κ1) is 17.9. The Balaban J connectivity index is 1.75. The molecule has 0 aliphatic carbocycles. The summed E-state index contributed by atoms with van der Waals surface area (Å²) in [6.45, 7) is 5.44. The molecule has 0 radical (unpaired) electrons. The minimum Gasteiger partial charge on any atom is -0.341 e. The Labute approximate surface area is 150 Å². The molecule has 1 atom stereocenters. The number of piperidine rings is 2. The molecule has 0 saturated carbocycles. The van der Waals surface area contributed by atoms with Crippen LogP contribution >= 0.6 is 0 Å². The van der Waals surface area contributed by atoms with Crippen molar-refractivity contribution >= 4 is 11.8 Å². The molecule has 25 heavy (non-hydrogen) atoms. The van der Waals surface area contributed by atoms with Crippen molar-refractivity contribution in [2.24, 2.45) is 5.92 Å². The van der Waals surface area contributed by atoms with Crippen LogP contribution in [0.2, 0.25) is 0 Å². The summed E-state index contributed by atoms with van der Waals surface area (Å²) in [4.78, 5) is 27.8. The molecule has 2 fully saturated rings. The first-order chi connectivity index (χ1) is 12.1. The number of benzene rings is 1. The highest BCUT2D eigenvalue weighted by atomic mass is 16.2. The van der Waals surface area contributed by atoms with Crippen LogP contribution in [0.4, 0.5) is 0 Å². The standard InChI is InChI=1S/C20H29N3O2/c1-15-6-5-7-17(14-15)19(24)22-18(16-8-10-21-11-9-16)20(25)23-12-3-2-4-13-23/h5-7,14,16,18,21H,2-4,8-13H2,1H3,(H,22,24). The van der Waals surface area contributed by atoms with Crippen molar-refractivity contribution in [2.45, 2.75) is 45.1 Å². The monoisotopic (exact) mass is 343 g/mol. The topological polar surface area (TPSA) is 61.4 Å². The van der Waals surface area contributed by atoms with Gasteiger partial charge in [0.1, 0.15) is 6.04 Å². The Morgan fingerprint density at radius 3 is 2.56 bits per heavy atom. The lowest BCUT2D eigenvalue weighted by molar-refractivity contribution is -0.135. The number of likely N-dealkylation sites (tertiary alicyclic amines) is 1. The zero-order chi connectivity index (χ0) is 17.6. The maximum atomic E-state index is 13.1. The number of nitrogens with one attached hydrogen (secondary N) is 2. The van der Waals surface area contributed by atoms with Crippen molar-refractivity contribution in [2.75, 3.05) is 26.2 Å². The highest BCUT2D eigenvalue weighted by molar-refractivity contribution is 5.97. The van der Waals surface area contributed by atoms with E-state index >= 15 is 0 Å². The number of amides is 2. The Morgan fingerprint density at radius 2 is 1.88 bits per heavy atom. The molecule has 2 amide bonds. The molecule has 2 aliphatic heterocycles. The highest BCUT2D eigenvalue weighted by Gasteiger charge is 2.34. The van der Waals surface area contributed by atoms with Gasteiger partial charge in [0.2, 0.25) is 5.91 Å². The zero-order valence-electron chi connectivity index (χ0n) is 15.1. The summed E-state index contributed by atoms with van der Waals surface area (Å²) in [5.41, 5.74) is 1.68. The summed E-state index contributed by atoms with van der Waals surface area (Å²) >= 11 is 0. The largest absolute Gasteiger partial charge is 0.341 e. The van der Waals surface area contributed by atoms with E-state index in [1.165, 1.54) is 6.42 Å². The quantitative estimate of drug-likeness (QED) is 0.880. The molecule has 2 N–H and O–H groups in total. The van der Waals surface area contributed by atoms with E-state index in [9.17, 15) is 9.59 Å². The van der Waals surface area contributed by atoms with Gasteiger partial charge in [-0.1, -0.05) is 17.7 Å². The fraction of sp³-hybridized carbons (Fsp3) is 0.600. The molecule has 1 aromatic rings. The van der Waals surface area contributed by atoms with Gasteiger partial charge in [-0.3, -0.25) is 9.59 Å². The Bertz CT molecular complexity index is 605. The van der Waals surface area contributed by atoms with Crippen molar-refractivity contribution in [1.82, 2.24) is 15.5 Å². The second-order valence-electron chi connectivity index (χ2n) is 7.29. The molecule has 0 aromatic heterocycles. The van der Waals surface area contributed by atoms with Crippen molar-refractivity contribution in [3.63, 3.8) is 0 Å². The number of hydrogen-bond acceptors (Lipinski definition) is 3. The smallest absolute Gasteiger partial charge is 0.251 e. The Morgan fingerprint density at radius 1 is 1.16 bits per heavy atom. The van der Waals surface area contributed by atoms with Crippen LogP contribution < -0.4 is 10.6 Å². The third kappa shape index (κ3) is 4.60. The molecule has 2 heterocycles. The van der Waals surface area contributed by atoms with E-state index in [4.69, 9.17) is 0 Å². The van der Waals surface area contributed by atoms with E-state index in [1.807, 2.05) is 36.1 Å². The normalized spacial score (nSPS) is 20.1. The molecule has 5 heteroatoms. The second-order valence-corrected chi connectivity index (χ2v) is 7.29. The molecule has 2 saturated heterocycles. The first-order valence-electron chi connectivity index (χ1n) is 9.52. The fourth-order valence-electron chi connectivity index (χ4n) is 3.88. The van der Waals surface area contributed by atoms with Gasteiger partial charge in [0.15, 0.2) is 0 Å². The zero-order valence-corrected chi connectivity index (χ0v) is 15.1. The van der Waals surface area contributed by atoms with Crippen LogP contribution in [0.3, 0.4) is 0 Å². The van der Waals surface area contributed by atoms with Crippen LogP contribution in [-0.4, -0.2) is 48.9 Å².